The summed E-state index contributed by atoms with van der Waals surface area (Å²) in [7, 11) is 0. The Kier molecular flexibility index (Phi) is 10.4. The lowest BCUT2D eigenvalue weighted by Crippen LogP contribution is -2.67. The quantitative estimate of drug-likeness (QED) is 0.118. The first kappa shape index (κ1) is 32.8. The van der Waals surface area contributed by atoms with Gasteiger partial charge in [-0.25, -0.2) is 8.78 Å². The van der Waals surface area contributed by atoms with E-state index in [9.17, 15) is 39.1 Å². The van der Waals surface area contributed by atoms with Gasteiger partial charge in [-0.05, 0) is 48.4 Å². The van der Waals surface area contributed by atoms with Crippen LogP contribution in [0, 0.1) is 11.6 Å². The van der Waals surface area contributed by atoms with Gasteiger partial charge in [0, 0.05) is 12.0 Å². The number of oxime groups is 1. The Morgan fingerprint density at radius 2 is 1.76 bits per heavy atom. The van der Waals surface area contributed by atoms with E-state index in [1.165, 1.54) is 49.4 Å². The highest BCUT2D eigenvalue weighted by atomic mass is 19.1. The monoisotopic (exact) mass is 636 g/mol. The Hall–Kier alpha value is -3.54. The van der Waals surface area contributed by atoms with Gasteiger partial charge in [0.05, 0.1) is 18.8 Å². The van der Waals surface area contributed by atoms with Crippen LogP contribution in [0.2, 0.25) is 0 Å². The van der Waals surface area contributed by atoms with Gasteiger partial charge in [0.2, 0.25) is 12.2 Å². The summed E-state index contributed by atoms with van der Waals surface area (Å²) in [6, 6.07) is 8.21. The number of ether oxygens (including phenoxy) is 4. The summed E-state index contributed by atoms with van der Waals surface area (Å²) in [6.07, 6.45) is -8.09. The molecule has 9 atom stereocenters. The third kappa shape index (κ3) is 7.48. The van der Waals surface area contributed by atoms with Crippen molar-refractivity contribution in [3.8, 4) is 5.75 Å². The lowest BCUT2D eigenvalue weighted by molar-refractivity contribution is -0.155. The Morgan fingerprint density at radius 3 is 2.44 bits per heavy atom. The summed E-state index contributed by atoms with van der Waals surface area (Å²) in [5.74, 6) is -2.06. The van der Waals surface area contributed by atoms with E-state index in [0.29, 0.717) is 11.1 Å². The van der Waals surface area contributed by atoms with Crippen molar-refractivity contribution in [2.24, 2.45) is 5.16 Å². The van der Waals surface area contributed by atoms with E-state index in [1.807, 2.05) is 0 Å². The van der Waals surface area contributed by atoms with Crippen LogP contribution in [0.3, 0.4) is 0 Å². The van der Waals surface area contributed by atoms with Crippen LogP contribution in [0.5, 0.6) is 5.75 Å². The molecule has 1 amide bonds. The maximum atomic E-state index is 15.0. The van der Waals surface area contributed by atoms with Crippen molar-refractivity contribution in [1.29, 1.82) is 0 Å². The lowest BCUT2D eigenvalue weighted by Gasteiger charge is -2.41. The largest absolute Gasteiger partial charge is 0.462 e. The average molecular weight is 637 g/mol. The number of fused-ring (bicyclic) bond motifs is 1. The third-order valence-electron chi connectivity index (χ3n) is 7.76. The van der Waals surface area contributed by atoms with Gasteiger partial charge in [-0.1, -0.05) is 23.4 Å². The van der Waals surface area contributed by atoms with Gasteiger partial charge >= 0.3 is 0 Å². The fraction of sp³-hybridized carbons (Fsp3) is 0.467. The average Bonchev–Trinajstić information content (AvgIpc) is 3.66. The van der Waals surface area contributed by atoms with E-state index in [1.54, 1.807) is 0 Å². The van der Waals surface area contributed by atoms with Crippen molar-refractivity contribution < 1.29 is 62.9 Å². The van der Waals surface area contributed by atoms with Gasteiger partial charge < -0.3 is 54.6 Å². The summed E-state index contributed by atoms with van der Waals surface area (Å²) in [5, 5.41) is 57.8. The highest BCUT2D eigenvalue weighted by Crippen LogP contribution is 2.31. The van der Waals surface area contributed by atoms with Gasteiger partial charge in [0.1, 0.15) is 61.6 Å². The summed E-state index contributed by atoms with van der Waals surface area (Å²) >= 11 is 0. The molecule has 0 spiro atoms. The number of aliphatic hydroxyl groups is 5. The van der Waals surface area contributed by atoms with Gasteiger partial charge in [-0.15, -0.1) is 0 Å². The molecule has 0 unspecified atom stereocenters. The highest BCUT2D eigenvalue weighted by molar-refractivity contribution is 5.97. The van der Waals surface area contributed by atoms with E-state index in [2.05, 4.69) is 10.5 Å². The van der Waals surface area contributed by atoms with E-state index < -0.39 is 79.2 Å². The number of halogens is 2. The number of hydrogen-bond donors (Lipinski definition) is 6. The SMILES string of the molecule is CC(=Cc1ccc(O[C@H]2C[C@H](O)[C@@H](C(CO)=NOCc3ccc(F)cc3)O2)c(F)c1)C(=O)N[C@@H]1[C@H](O)[C@@H](O)[C@H]2OCO[C@H]2[C@@H]1O. The molecule has 2 aromatic carbocycles. The second kappa shape index (κ2) is 14.3. The number of nitrogens with one attached hydrogen (secondary N) is 1. The molecule has 0 bridgehead atoms. The molecular weight excluding hydrogens is 602 g/mol. The summed E-state index contributed by atoms with van der Waals surface area (Å²) in [4.78, 5) is 18.0. The Labute approximate surface area is 256 Å². The molecule has 0 aromatic heterocycles. The molecule has 45 heavy (non-hydrogen) atoms. The van der Waals surface area contributed by atoms with E-state index in [0.717, 1.165) is 6.07 Å². The fourth-order valence-electron chi connectivity index (χ4n) is 5.33. The molecule has 2 aromatic rings. The topological polar surface area (TPSA) is 189 Å². The van der Waals surface area contributed by atoms with Gasteiger partial charge in [0.15, 0.2) is 11.6 Å². The van der Waals surface area contributed by atoms with Crippen LogP contribution < -0.4 is 10.1 Å². The van der Waals surface area contributed by atoms with E-state index in [4.69, 9.17) is 23.8 Å². The summed E-state index contributed by atoms with van der Waals surface area (Å²) < 4.78 is 49.8. The van der Waals surface area contributed by atoms with Crippen LogP contribution in [-0.2, 0) is 30.4 Å². The highest BCUT2D eigenvalue weighted by Gasteiger charge is 2.53. The van der Waals surface area contributed by atoms with Crippen LogP contribution in [0.25, 0.3) is 6.08 Å². The number of nitrogens with zero attached hydrogens (tertiary/aromatic N) is 1. The zero-order valence-electron chi connectivity index (χ0n) is 24.0. The fourth-order valence-corrected chi connectivity index (χ4v) is 5.33. The summed E-state index contributed by atoms with van der Waals surface area (Å²) in [5.41, 5.74) is 1.02. The molecule has 13 nitrogen and oxygen atoms in total. The molecule has 2 aliphatic heterocycles. The third-order valence-corrected chi connectivity index (χ3v) is 7.76. The molecule has 3 aliphatic rings. The molecular formula is C30H34F2N2O11. The van der Waals surface area contributed by atoms with Gasteiger partial charge in [0.25, 0.3) is 0 Å². The number of carbonyl (C=O) groups is 1. The number of rotatable bonds is 10. The molecule has 0 radical (unpaired) electrons. The van der Waals surface area contributed by atoms with Crippen LogP contribution >= 0.6 is 0 Å². The Bertz CT molecular complexity index is 1410. The molecule has 15 heteroatoms. The minimum atomic E-state index is -1.52. The van der Waals surface area contributed by atoms with E-state index in [-0.39, 0.29) is 36.9 Å². The predicted octanol–water partition coefficient (Wildman–Crippen LogP) is 0.110. The molecule has 1 saturated carbocycles. The first-order valence-electron chi connectivity index (χ1n) is 14.2. The van der Waals surface area contributed by atoms with Crippen molar-refractivity contribution in [2.45, 2.75) is 75.0 Å². The maximum absolute atomic E-state index is 15.0. The molecule has 3 fully saturated rings. The van der Waals surface area contributed by atoms with Gasteiger partial charge in [-0.3, -0.25) is 4.79 Å². The Morgan fingerprint density at radius 1 is 1.04 bits per heavy atom. The predicted molar refractivity (Wildman–Crippen MR) is 150 cm³/mol. The van der Waals surface area contributed by atoms with Crippen LogP contribution in [0.4, 0.5) is 8.78 Å². The molecule has 244 valence electrons. The molecule has 6 N–H and O–H groups in total. The minimum Gasteiger partial charge on any atom is -0.462 e. The zero-order chi connectivity index (χ0) is 32.2. The van der Waals surface area contributed by atoms with E-state index >= 15 is 0 Å². The zero-order valence-corrected chi connectivity index (χ0v) is 24.0. The number of aliphatic hydroxyl groups excluding tert-OH is 5. The minimum absolute atomic E-state index is 0.0153. The van der Waals surface area contributed by atoms with Crippen molar-refractivity contribution in [3.05, 3.63) is 70.8 Å². The number of carbonyl (C=O) groups excluding carboxylic acids is 1. The first-order valence-corrected chi connectivity index (χ1v) is 14.2. The Balaban J connectivity index is 1.17. The number of amides is 1. The molecule has 5 rings (SSSR count). The molecule has 2 saturated heterocycles. The van der Waals surface area contributed by atoms with Crippen molar-refractivity contribution in [3.63, 3.8) is 0 Å². The standard InChI is InChI=1S/C30H34F2N2O11/c1-14(30(40)33-23-24(37)26(39)29-28(25(23)38)41-13-42-29)8-16-4-7-21(18(32)9-16)44-22-10-20(36)27(45-22)19(11-35)34-43-12-15-2-5-17(31)6-3-15/h2-9,20,22-29,35-39H,10-13H2,1H3,(H,33,40)/t20-,22+,23+,24-,25+,26+,27+,28-,29+/m0/s1. The van der Waals surface area contributed by atoms with Gasteiger partial charge in [-0.2, -0.15) is 0 Å². The van der Waals surface area contributed by atoms with Crippen molar-refractivity contribution in [2.75, 3.05) is 13.4 Å². The van der Waals surface area contributed by atoms with Crippen molar-refractivity contribution >= 4 is 17.7 Å². The molecule has 1 aliphatic carbocycles. The molecule has 2 heterocycles. The maximum Gasteiger partial charge on any atom is 0.247 e. The number of benzene rings is 2. The van der Waals surface area contributed by atoms with Crippen LogP contribution in [0.1, 0.15) is 24.5 Å². The van der Waals surface area contributed by atoms with Crippen LogP contribution in [0.15, 0.2) is 53.2 Å². The second-order valence-corrected chi connectivity index (χ2v) is 10.9. The lowest BCUT2D eigenvalue weighted by atomic mass is 9.83. The van der Waals surface area contributed by atoms with Crippen molar-refractivity contribution in [1.82, 2.24) is 5.32 Å². The number of hydrogen-bond acceptors (Lipinski definition) is 12. The second-order valence-electron chi connectivity index (χ2n) is 10.9. The summed E-state index contributed by atoms with van der Waals surface area (Å²) in [6.45, 7) is 0.675. The first-order chi connectivity index (χ1) is 21.5. The normalized spacial score (nSPS) is 31.9. The van der Waals surface area contributed by atoms with Crippen LogP contribution in [-0.4, -0.2) is 106 Å². The smallest absolute Gasteiger partial charge is 0.247 e.